The van der Waals surface area contributed by atoms with E-state index in [9.17, 15) is 0 Å². The van der Waals surface area contributed by atoms with Crippen molar-refractivity contribution in [3.8, 4) is 0 Å². The van der Waals surface area contributed by atoms with E-state index in [1.807, 2.05) is 11.6 Å². The lowest BCUT2D eigenvalue weighted by Crippen LogP contribution is -2.34. The highest BCUT2D eigenvalue weighted by molar-refractivity contribution is 6.31. The molecule has 2 unspecified atom stereocenters. The maximum Gasteiger partial charge on any atom is 0.0847 e. The van der Waals surface area contributed by atoms with Gasteiger partial charge in [0.25, 0.3) is 0 Å². The number of ether oxygens (including phenoxy) is 1. The van der Waals surface area contributed by atoms with Gasteiger partial charge in [-0.25, -0.2) is 0 Å². The first kappa shape index (κ1) is 17.5. The molecule has 0 aliphatic heterocycles. The molecular weight excluding hydrogens is 274 g/mol. The van der Waals surface area contributed by atoms with Crippen LogP contribution >= 0.6 is 11.6 Å². The van der Waals surface area contributed by atoms with Crippen LogP contribution in [-0.2, 0) is 17.7 Å². The molecule has 1 rings (SSSR count). The highest BCUT2D eigenvalue weighted by atomic mass is 35.5. The molecule has 1 aromatic rings. The van der Waals surface area contributed by atoms with E-state index >= 15 is 0 Å². The molecule has 0 saturated heterocycles. The van der Waals surface area contributed by atoms with Crippen LogP contribution in [0.1, 0.15) is 38.6 Å². The Morgan fingerprint density at radius 1 is 1.40 bits per heavy atom. The Kier molecular flexibility index (Phi) is 7.56. The molecule has 20 heavy (non-hydrogen) atoms. The monoisotopic (exact) mass is 301 g/mol. The fourth-order valence-electron chi connectivity index (χ4n) is 2.66. The minimum atomic E-state index is 0.407. The molecule has 1 heterocycles. The third kappa shape index (κ3) is 4.76. The number of aryl methyl sites for hydroxylation is 2. The summed E-state index contributed by atoms with van der Waals surface area (Å²) in [6.45, 7) is 11.0. The van der Waals surface area contributed by atoms with Gasteiger partial charge in [0.1, 0.15) is 0 Å². The molecule has 0 radical (unpaired) electrons. The number of rotatable bonds is 9. The van der Waals surface area contributed by atoms with Gasteiger partial charge in [-0.1, -0.05) is 25.4 Å². The van der Waals surface area contributed by atoms with Crippen molar-refractivity contribution in [2.24, 2.45) is 5.92 Å². The normalized spacial score (nSPS) is 14.5. The van der Waals surface area contributed by atoms with Gasteiger partial charge in [-0.3, -0.25) is 4.68 Å². The lowest BCUT2D eigenvalue weighted by Gasteiger charge is -2.22. The van der Waals surface area contributed by atoms with Crippen molar-refractivity contribution in [1.29, 1.82) is 0 Å². The molecule has 1 N–H and O–H groups in total. The van der Waals surface area contributed by atoms with Crippen LogP contribution in [-0.4, -0.2) is 36.1 Å². The molecule has 0 spiro atoms. The Labute approximate surface area is 127 Å². The fraction of sp³-hybridized carbons (Fsp3) is 0.800. The summed E-state index contributed by atoms with van der Waals surface area (Å²) < 4.78 is 7.25. The Morgan fingerprint density at radius 3 is 2.65 bits per heavy atom. The Hall–Kier alpha value is -0.580. The highest BCUT2D eigenvalue weighted by Gasteiger charge is 2.19. The van der Waals surface area contributed by atoms with Crippen molar-refractivity contribution in [2.45, 2.75) is 53.1 Å². The van der Waals surface area contributed by atoms with Gasteiger partial charge in [0, 0.05) is 32.7 Å². The second-order valence-corrected chi connectivity index (χ2v) is 5.79. The number of hydrogen-bond acceptors (Lipinski definition) is 3. The third-order valence-electron chi connectivity index (χ3n) is 3.52. The van der Waals surface area contributed by atoms with Gasteiger partial charge in [0.2, 0.25) is 0 Å². The predicted octanol–water partition coefficient (Wildman–Crippen LogP) is 3.06. The van der Waals surface area contributed by atoms with Crippen LogP contribution in [0.2, 0.25) is 5.02 Å². The van der Waals surface area contributed by atoms with E-state index in [2.05, 4.69) is 31.2 Å². The molecule has 0 aromatic carbocycles. The summed E-state index contributed by atoms with van der Waals surface area (Å²) in [5.41, 5.74) is 2.06. The van der Waals surface area contributed by atoms with Crippen LogP contribution in [0.15, 0.2) is 0 Å². The van der Waals surface area contributed by atoms with E-state index < -0.39 is 0 Å². The zero-order chi connectivity index (χ0) is 15.1. The molecule has 0 saturated carbocycles. The molecule has 0 aliphatic rings. The molecular formula is C15H28ClN3O. The van der Waals surface area contributed by atoms with Crippen LogP contribution in [0, 0.1) is 12.8 Å². The van der Waals surface area contributed by atoms with Crippen molar-refractivity contribution in [1.82, 2.24) is 15.1 Å². The zero-order valence-corrected chi connectivity index (χ0v) is 14.1. The maximum absolute atomic E-state index is 6.40. The molecule has 1 aromatic heterocycles. The van der Waals surface area contributed by atoms with Crippen LogP contribution in [0.3, 0.4) is 0 Å². The molecule has 0 fully saturated rings. The number of halogens is 1. The maximum atomic E-state index is 6.40. The summed E-state index contributed by atoms with van der Waals surface area (Å²) in [5, 5.41) is 8.86. The number of nitrogens with one attached hydrogen (secondary N) is 1. The summed E-state index contributed by atoms with van der Waals surface area (Å²) in [4.78, 5) is 0. The molecule has 0 aliphatic carbocycles. The number of likely N-dealkylation sites (N-methyl/N-ethyl adjacent to an activating group) is 1. The average molecular weight is 302 g/mol. The van der Waals surface area contributed by atoms with Gasteiger partial charge >= 0.3 is 0 Å². The summed E-state index contributed by atoms with van der Waals surface area (Å²) in [6, 6.07) is 0.407. The van der Waals surface area contributed by atoms with E-state index in [0.29, 0.717) is 12.0 Å². The molecule has 116 valence electrons. The van der Waals surface area contributed by atoms with Crippen LogP contribution < -0.4 is 5.32 Å². The van der Waals surface area contributed by atoms with Crippen LogP contribution in [0.25, 0.3) is 0 Å². The Balaban J connectivity index is 2.79. The second kappa shape index (κ2) is 8.65. The quantitative estimate of drug-likeness (QED) is 0.762. The second-order valence-electron chi connectivity index (χ2n) is 5.42. The first-order chi connectivity index (χ1) is 9.53. The van der Waals surface area contributed by atoms with Crippen molar-refractivity contribution < 1.29 is 4.74 Å². The minimum Gasteiger partial charge on any atom is -0.384 e. The molecule has 5 heteroatoms. The molecule has 2 atom stereocenters. The van der Waals surface area contributed by atoms with Gasteiger partial charge in [0.15, 0.2) is 0 Å². The van der Waals surface area contributed by atoms with E-state index in [1.54, 1.807) is 7.11 Å². The van der Waals surface area contributed by atoms with E-state index in [-0.39, 0.29) is 0 Å². The SMILES string of the molecule is CCNC(Cc1c(Cl)c(C)nn1CC)CC(C)COC. The van der Waals surface area contributed by atoms with Crippen molar-refractivity contribution in [2.75, 3.05) is 20.3 Å². The Bertz CT molecular complexity index is 406. The first-order valence-electron chi connectivity index (χ1n) is 7.47. The fourth-order valence-corrected chi connectivity index (χ4v) is 2.88. The largest absolute Gasteiger partial charge is 0.384 e. The van der Waals surface area contributed by atoms with Gasteiger partial charge in [-0.05, 0) is 32.7 Å². The lowest BCUT2D eigenvalue weighted by molar-refractivity contribution is 0.149. The van der Waals surface area contributed by atoms with Gasteiger partial charge < -0.3 is 10.1 Å². The van der Waals surface area contributed by atoms with Crippen LogP contribution in [0.4, 0.5) is 0 Å². The predicted molar refractivity (Wildman–Crippen MR) is 84.5 cm³/mol. The van der Waals surface area contributed by atoms with Crippen molar-refractivity contribution in [3.05, 3.63) is 16.4 Å². The average Bonchev–Trinajstić information content (AvgIpc) is 2.67. The molecule has 0 bridgehead atoms. The van der Waals surface area contributed by atoms with Crippen molar-refractivity contribution in [3.63, 3.8) is 0 Å². The van der Waals surface area contributed by atoms with Gasteiger partial charge in [-0.15, -0.1) is 0 Å². The van der Waals surface area contributed by atoms with Crippen molar-refractivity contribution >= 4 is 11.6 Å². The lowest BCUT2D eigenvalue weighted by atomic mass is 9.98. The topological polar surface area (TPSA) is 39.1 Å². The summed E-state index contributed by atoms with van der Waals surface area (Å²) in [7, 11) is 1.76. The number of aromatic nitrogens is 2. The van der Waals surface area contributed by atoms with E-state index in [0.717, 1.165) is 48.9 Å². The third-order valence-corrected chi connectivity index (χ3v) is 4.02. The number of nitrogens with zero attached hydrogens (tertiary/aromatic N) is 2. The molecule has 4 nitrogen and oxygen atoms in total. The summed E-state index contributed by atoms with van der Waals surface area (Å²) in [6.07, 6.45) is 1.99. The van der Waals surface area contributed by atoms with E-state index in [4.69, 9.17) is 16.3 Å². The summed E-state index contributed by atoms with van der Waals surface area (Å²) >= 11 is 6.40. The first-order valence-corrected chi connectivity index (χ1v) is 7.85. The smallest absolute Gasteiger partial charge is 0.0847 e. The van der Waals surface area contributed by atoms with Gasteiger partial charge in [0.05, 0.1) is 16.4 Å². The molecule has 0 amide bonds. The van der Waals surface area contributed by atoms with Crippen LogP contribution in [0.5, 0.6) is 0 Å². The highest BCUT2D eigenvalue weighted by Crippen LogP contribution is 2.23. The number of hydrogen-bond donors (Lipinski definition) is 1. The van der Waals surface area contributed by atoms with Gasteiger partial charge in [-0.2, -0.15) is 5.10 Å². The van der Waals surface area contributed by atoms with E-state index in [1.165, 1.54) is 0 Å². The minimum absolute atomic E-state index is 0.407. The standard InChI is InChI=1S/C15H28ClN3O/c1-6-17-13(8-11(3)10-20-5)9-14-15(16)12(4)18-19(14)7-2/h11,13,17H,6-10H2,1-5H3. The number of methoxy groups -OCH3 is 1. The zero-order valence-electron chi connectivity index (χ0n) is 13.4. The Morgan fingerprint density at radius 2 is 2.10 bits per heavy atom. The summed E-state index contributed by atoms with van der Waals surface area (Å²) in [5.74, 6) is 0.530.